The molecular weight excluding hydrogens is 124 g/mol. The van der Waals surface area contributed by atoms with E-state index >= 15 is 0 Å². The Morgan fingerprint density at radius 1 is 1.60 bits per heavy atom. The smallest absolute Gasteiger partial charge is 0.159 e. The van der Waals surface area contributed by atoms with Gasteiger partial charge in [0, 0.05) is 6.42 Å². The zero-order valence-corrected chi connectivity index (χ0v) is 6.06. The lowest BCUT2D eigenvalue weighted by Crippen LogP contribution is -2.76. The van der Waals surface area contributed by atoms with Crippen molar-refractivity contribution in [3.05, 3.63) is 11.6 Å². The van der Waals surface area contributed by atoms with E-state index in [1.54, 1.807) is 5.57 Å². The Hall–Kier alpha value is -0.630. The Balaban J connectivity index is 2.17. The molecule has 2 heterocycles. The van der Waals surface area contributed by atoms with Gasteiger partial charge in [-0.1, -0.05) is 6.08 Å². The van der Waals surface area contributed by atoms with Crippen molar-refractivity contribution in [3.63, 3.8) is 0 Å². The molecular formula is C8H13N2+. The van der Waals surface area contributed by atoms with E-state index in [9.17, 15) is 0 Å². The highest BCUT2D eigenvalue weighted by Gasteiger charge is 2.21. The summed E-state index contributed by atoms with van der Waals surface area (Å²) in [5.74, 6) is 0. The van der Waals surface area contributed by atoms with Gasteiger partial charge in [-0.05, 0) is 18.5 Å². The summed E-state index contributed by atoms with van der Waals surface area (Å²) < 4.78 is 0. The molecule has 54 valence electrons. The highest BCUT2D eigenvalue weighted by atomic mass is 15.0. The first-order valence-corrected chi connectivity index (χ1v) is 3.94. The van der Waals surface area contributed by atoms with Crippen LogP contribution < -0.4 is 10.3 Å². The van der Waals surface area contributed by atoms with Gasteiger partial charge in [0.05, 0.1) is 6.04 Å². The molecule has 2 N–H and O–H groups in total. The second kappa shape index (κ2) is 2.54. The van der Waals surface area contributed by atoms with Crippen molar-refractivity contribution in [2.24, 2.45) is 0 Å². The first kappa shape index (κ1) is 6.10. The molecule has 0 spiro atoms. The molecule has 2 aliphatic rings. The van der Waals surface area contributed by atoms with Crippen LogP contribution in [0.5, 0.6) is 0 Å². The van der Waals surface area contributed by atoms with Crippen LogP contribution in [0.4, 0.5) is 0 Å². The maximum absolute atomic E-state index is 3.47. The standard InChI is InChI=1S/C8H12N2/c1-2-7-3-5-9-6-8(7)10-4-1/h2,5,8,10H,1,3-4,6H2/p+1. The summed E-state index contributed by atoms with van der Waals surface area (Å²) in [5.41, 5.74) is 1.57. The molecule has 2 nitrogen and oxygen atoms in total. The van der Waals surface area contributed by atoms with Gasteiger partial charge in [-0.2, -0.15) is 0 Å². The Kier molecular flexibility index (Phi) is 1.55. The fraction of sp³-hybridized carbons (Fsp3) is 0.625. The zero-order chi connectivity index (χ0) is 6.81. The van der Waals surface area contributed by atoms with Crippen LogP contribution in [0.1, 0.15) is 12.8 Å². The number of hydrogen-bond donors (Lipinski definition) is 2. The fourth-order valence-corrected chi connectivity index (χ4v) is 1.61. The van der Waals surface area contributed by atoms with Gasteiger partial charge >= 0.3 is 0 Å². The average Bonchev–Trinajstić information content (AvgIpc) is 2.05. The van der Waals surface area contributed by atoms with Crippen LogP contribution in [0.3, 0.4) is 0 Å². The van der Waals surface area contributed by atoms with Gasteiger partial charge in [-0.3, -0.25) is 0 Å². The average molecular weight is 137 g/mol. The quantitative estimate of drug-likeness (QED) is 0.404. The number of nitrogens with one attached hydrogen (secondary N) is 2. The van der Waals surface area contributed by atoms with Crippen LogP contribution in [0, 0.1) is 0 Å². The van der Waals surface area contributed by atoms with Crippen molar-refractivity contribution >= 4 is 6.21 Å². The van der Waals surface area contributed by atoms with Gasteiger partial charge in [0.15, 0.2) is 6.54 Å². The summed E-state index contributed by atoms with van der Waals surface area (Å²) in [7, 11) is 0. The van der Waals surface area contributed by atoms with Crippen LogP contribution in [0.2, 0.25) is 0 Å². The third-order valence-corrected chi connectivity index (χ3v) is 2.19. The van der Waals surface area contributed by atoms with E-state index in [2.05, 4.69) is 22.6 Å². The highest BCUT2D eigenvalue weighted by molar-refractivity contribution is 5.56. The van der Waals surface area contributed by atoms with Crippen molar-refractivity contribution in [2.45, 2.75) is 18.9 Å². The molecule has 0 aromatic carbocycles. The second-order valence-corrected chi connectivity index (χ2v) is 2.89. The lowest BCUT2D eigenvalue weighted by Gasteiger charge is -2.23. The first-order valence-electron chi connectivity index (χ1n) is 3.94. The molecule has 2 aliphatic heterocycles. The molecule has 2 heteroatoms. The normalized spacial score (nSPS) is 31.2. The first-order chi connectivity index (χ1) is 4.97. The van der Waals surface area contributed by atoms with E-state index in [0.29, 0.717) is 6.04 Å². The molecule has 0 aromatic heterocycles. The van der Waals surface area contributed by atoms with Gasteiger partial charge in [-0.15, -0.1) is 0 Å². The van der Waals surface area contributed by atoms with Gasteiger partial charge in [0.1, 0.15) is 6.21 Å². The molecule has 0 aromatic rings. The van der Waals surface area contributed by atoms with Crippen molar-refractivity contribution in [1.29, 1.82) is 0 Å². The molecule has 0 amide bonds. The predicted molar refractivity (Wildman–Crippen MR) is 41.0 cm³/mol. The predicted octanol–water partition coefficient (Wildman–Crippen LogP) is -1.17. The van der Waals surface area contributed by atoms with Crippen LogP contribution in [0.15, 0.2) is 11.6 Å². The van der Waals surface area contributed by atoms with Crippen LogP contribution in [0.25, 0.3) is 0 Å². The van der Waals surface area contributed by atoms with Crippen molar-refractivity contribution in [2.75, 3.05) is 13.1 Å². The highest BCUT2D eigenvalue weighted by Crippen LogP contribution is 2.11. The molecule has 0 bridgehead atoms. The van der Waals surface area contributed by atoms with Gasteiger partial charge in [-0.25, -0.2) is 4.99 Å². The molecule has 1 atom stereocenters. The Morgan fingerprint density at radius 2 is 2.60 bits per heavy atom. The molecule has 0 saturated carbocycles. The summed E-state index contributed by atoms with van der Waals surface area (Å²) >= 11 is 0. The van der Waals surface area contributed by atoms with Crippen molar-refractivity contribution < 1.29 is 4.99 Å². The molecule has 0 radical (unpaired) electrons. The summed E-state index contributed by atoms with van der Waals surface area (Å²) in [6.45, 7) is 2.22. The lowest BCUT2D eigenvalue weighted by atomic mass is 9.98. The Bertz CT molecular complexity index is 182. The van der Waals surface area contributed by atoms with Gasteiger partial charge < -0.3 is 5.32 Å². The second-order valence-electron chi connectivity index (χ2n) is 2.89. The van der Waals surface area contributed by atoms with Crippen molar-refractivity contribution in [3.8, 4) is 0 Å². The minimum atomic E-state index is 0.624. The molecule has 2 rings (SSSR count). The summed E-state index contributed by atoms with van der Waals surface area (Å²) in [6, 6.07) is 0.624. The van der Waals surface area contributed by atoms with E-state index in [1.807, 2.05) is 0 Å². The SMILES string of the molecule is C1=[NH+]CC2NCCC=C2C1. The molecule has 1 unspecified atom stereocenters. The van der Waals surface area contributed by atoms with Crippen LogP contribution >= 0.6 is 0 Å². The zero-order valence-electron chi connectivity index (χ0n) is 6.06. The van der Waals surface area contributed by atoms with E-state index in [4.69, 9.17) is 0 Å². The van der Waals surface area contributed by atoms with Crippen LogP contribution in [-0.2, 0) is 0 Å². The molecule has 0 fully saturated rings. The van der Waals surface area contributed by atoms with E-state index in [1.165, 1.54) is 6.42 Å². The lowest BCUT2D eigenvalue weighted by molar-refractivity contribution is -0.458. The van der Waals surface area contributed by atoms with Gasteiger partial charge in [0.2, 0.25) is 0 Å². The van der Waals surface area contributed by atoms with E-state index in [0.717, 1.165) is 19.5 Å². The number of fused-ring (bicyclic) bond motifs is 1. The Morgan fingerprint density at radius 3 is 3.50 bits per heavy atom. The maximum atomic E-state index is 3.47. The Labute approximate surface area is 61.0 Å². The third kappa shape index (κ3) is 0.991. The largest absolute Gasteiger partial charge is 0.305 e. The van der Waals surface area contributed by atoms with Gasteiger partial charge in [0.25, 0.3) is 0 Å². The van der Waals surface area contributed by atoms with E-state index < -0.39 is 0 Å². The monoisotopic (exact) mass is 137 g/mol. The summed E-state index contributed by atoms with van der Waals surface area (Å²) in [4.78, 5) is 3.26. The van der Waals surface area contributed by atoms with E-state index in [-0.39, 0.29) is 0 Å². The molecule has 0 aliphatic carbocycles. The molecule has 10 heavy (non-hydrogen) atoms. The number of hydrogen-bond acceptors (Lipinski definition) is 1. The summed E-state index contributed by atoms with van der Waals surface area (Å²) in [6.07, 6.45) is 6.85. The maximum Gasteiger partial charge on any atom is 0.159 e. The minimum Gasteiger partial charge on any atom is -0.305 e. The summed E-state index contributed by atoms with van der Waals surface area (Å²) in [5, 5.41) is 3.47. The third-order valence-electron chi connectivity index (χ3n) is 2.19. The minimum absolute atomic E-state index is 0.624. The molecule has 0 saturated heterocycles. The van der Waals surface area contributed by atoms with Crippen LogP contribution in [-0.4, -0.2) is 25.3 Å². The van der Waals surface area contributed by atoms with Crippen molar-refractivity contribution in [1.82, 2.24) is 5.32 Å². The number of rotatable bonds is 0. The fourth-order valence-electron chi connectivity index (χ4n) is 1.61. The topological polar surface area (TPSA) is 26.0 Å².